The third kappa shape index (κ3) is 2.41. The third-order valence-electron chi connectivity index (χ3n) is 3.85. The molecule has 0 unspecified atom stereocenters. The molecule has 0 amide bonds. The second kappa shape index (κ2) is 5.10. The molecule has 0 atom stereocenters. The topological polar surface area (TPSA) is 67.2 Å². The standard InChI is InChI=1S/C13H21N3O2/c1-3-13(4-2,9-17)15-11-12(18)16(8-7-14-11)10-5-6-10/h7-8,10,17H,3-6,9H2,1-2H3,(H,14,15). The van der Waals surface area contributed by atoms with Gasteiger partial charge in [-0.25, -0.2) is 4.98 Å². The summed E-state index contributed by atoms with van der Waals surface area (Å²) in [6, 6.07) is 0.341. The van der Waals surface area contributed by atoms with E-state index in [0.29, 0.717) is 11.9 Å². The molecule has 0 bridgehead atoms. The summed E-state index contributed by atoms with van der Waals surface area (Å²) in [4.78, 5) is 16.4. The molecule has 0 radical (unpaired) electrons. The van der Waals surface area contributed by atoms with E-state index in [4.69, 9.17) is 0 Å². The number of hydrogen-bond acceptors (Lipinski definition) is 4. The quantitative estimate of drug-likeness (QED) is 0.805. The summed E-state index contributed by atoms with van der Waals surface area (Å²) in [5, 5.41) is 12.7. The maximum absolute atomic E-state index is 12.2. The Morgan fingerprint density at radius 3 is 2.67 bits per heavy atom. The van der Waals surface area contributed by atoms with Crippen LogP contribution in [0.25, 0.3) is 0 Å². The first-order valence-electron chi connectivity index (χ1n) is 6.62. The molecule has 1 fully saturated rings. The second-order valence-electron chi connectivity index (χ2n) is 4.99. The molecule has 0 aromatic carbocycles. The highest BCUT2D eigenvalue weighted by Crippen LogP contribution is 2.33. The van der Waals surface area contributed by atoms with Gasteiger partial charge in [0, 0.05) is 18.4 Å². The van der Waals surface area contributed by atoms with Crippen molar-refractivity contribution < 1.29 is 5.11 Å². The fraction of sp³-hybridized carbons (Fsp3) is 0.692. The lowest BCUT2D eigenvalue weighted by Gasteiger charge is -2.31. The van der Waals surface area contributed by atoms with Gasteiger partial charge < -0.3 is 15.0 Å². The summed E-state index contributed by atoms with van der Waals surface area (Å²) in [6.07, 6.45) is 7.02. The molecular weight excluding hydrogens is 230 g/mol. The molecule has 5 heteroatoms. The predicted molar refractivity (Wildman–Crippen MR) is 70.8 cm³/mol. The molecule has 1 saturated carbocycles. The minimum Gasteiger partial charge on any atom is -0.394 e. The summed E-state index contributed by atoms with van der Waals surface area (Å²) < 4.78 is 1.74. The van der Waals surface area contributed by atoms with Gasteiger partial charge in [0.2, 0.25) is 0 Å². The Kier molecular flexibility index (Phi) is 3.71. The summed E-state index contributed by atoms with van der Waals surface area (Å²) >= 11 is 0. The van der Waals surface area contributed by atoms with Crippen LogP contribution >= 0.6 is 0 Å². The van der Waals surface area contributed by atoms with E-state index in [1.165, 1.54) is 0 Å². The van der Waals surface area contributed by atoms with Crippen LogP contribution in [0.4, 0.5) is 5.82 Å². The smallest absolute Gasteiger partial charge is 0.293 e. The van der Waals surface area contributed by atoms with E-state index in [1.807, 2.05) is 13.8 Å². The number of nitrogens with one attached hydrogen (secondary N) is 1. The van der Waals surface area contributed by atoms with E-state index in [0.717, 1.165) is 25.7 Å². The molecule has 1 aromatic rings. The molecule has 2 rings (SSSR count). The van der Waals surface area contributed by atoms with Gasteiger partial charge in [0.15, 0.2) is 5.82 Å². The Morgan fingerprint density at radius 2 is 2.17 bits per heavy atom. The highest BCUT2D eigenvalue weighted by Gasteiger charge is 2.29. The van der Waals surface area contributed by atoms with Crippen LogP contribution < -0.4 is 10.9 Å². The highest BCUT2D eigenvalue weighted by atomic mass is 16.3. The minimum absolute atomic E-state index is 0.000553. The van der Waals surface area contributed by atoms with Crippen molar-refractivity contribution in [2.45, 2.75) is 51.1 Å². The van der Waals surface area contributed by atoms with Gasteiger partial charge in [-0.05, 0) is 25.7 Å². The fourth-order valence-corrected chi connectivity index (χ4v) is 2.09. The number of anilines is 1. The molecule has 0 spiro atoms. The van der Waals surface area contributed by atoms with Crippen molar-refractivity contribution in [3.8, 4) is 0 Å². The Labute approximate surface area is 107 Å². The van der Waals surface area contributed by atoms with E-state index < -0.39 is 5.54 Å². The summed E-state index contributed by atoms with van der Waals surface area (Å²) in [7, 11) is 0. The minimum atomic E-state index is -0.450. The molecule has 1 aromatic heterocycles. The van der Waals surface area contributed by atoms with Crippen molar-refractivity contribution >= 4 is 5.82 Å². The van der Waals surface area contributed by atoms with Crippen LogP contribution in [-0.2, 0) is 0 Å². The molecule has 0 saturated heterocycles. The zero-order valence-corrected chi connectivity index (χ0v) is 11.0. The van der Waals surface area contributed by atoms with Crippen LogP contribution in [-0.4, -0.2) is 26.8 Å². The molecule has 100 valence electrons. The van der Waals surface area contributed by atoms with E-state index in [1.54, 1.807) is 17.0 Å². The monoisotopic (exact) mass is 251 g/mol. The van der Waals surface area contributed by atoms with Gasteiger partial charge in [-0.15, -0.1) is 0 Å². The molecule has 1 aliphatic carbocycles. The number of aliphatic hydroxyl groups excluding tert-OH is 1. The van der Waals surface area contributed by atoms with Crippen LogP contribution in [0.5, 0.6) is 0 Å². The van der Waals surface area contributed by atoms with Crippen molar-refractivity contribution in [3.63, 3.8) is 0 Å². The lowest BCUT2D eigenvalue weighted by atomic mass is 9.94. The Hall–Kier alpha value is -1.36. The SMILES string of the molecule is CCC(CC)(CO)Nc1nccn(C2CC2)c1=O. The Morgan fingerprint density at radius 1 is 1.50 bits per heavy atom. The number of aromatic nitrogens is 2. The average Bonchev–Trinajstić information content (AvgIpc) is 3.22. The zero-order chi connectivity index (χ0) is 13.2. The molecule has 5 nitrogen and oxygen atoms in total. The van der Waals surface area contributed by atoms with Gasteiger partial charge >= 0.3 is 0 Å². The van der Waals surface area contributed by atoms with Crippen molar-refractivity contribution in [2.75, 3.05) is 11.9 Å². The normalized spacial score (nSPS) is 15.7. The van der Waals surface area contributed by atoms with E-state index in [2.05, 4.69) is 10.3 Å². The predicted octanol–water partition coefficient (Wildman–Crippen LogP) is 1.54. The van der Waals surface area contributed by atoms with Gasteiger partial charge in [0.25, 0.3) is 5.56 Å². The van der Waals surface area contributed by atoms with Crippen molar-refractivity contribution in [3.05, 3.63) is 22.7 Å². The van der Waals surface area contributed by atoms with Crippen LogP contribution in [0.3, 0.4) is 0 Å². The van der Waals surface area contributed by atoms with Crippen LogP contribution in [0.1, 0.15) is 45.6 Å². The highest BCUT2D eigenvalue weighted by molar-refractivity contribution is 5.35. The van der Waals surface area contributed by atoms with E-state index in [9.17, 15) is 9.90 Å². The number of hydrogen-bond donors (Lipinski definition) is 2. The van der Waals surface area contributed by atoms with Crippen LogP contribution in [0, 0.1) is 0 Å². The summed E-state index contributed by atoms with van der Waals surface area (Å²) in [6.45, 7) is 3.99. The maximum Gasteiger partial charge on any atom is 0.293 e. The lowest BCUT2D eigenvalue weighted by Crippen LogP contribution is -2.43. The third-order valence-corrected chi connectivity index (χ3v) is 3.85. The van der Waals surface area contributed by atoms with Crippen molar-refractivity contribution in [1.82, 2.24) is 9.55 Å². The first kappa shape index (κ1) is 13.1. The number of rotatable bonds is 6. The molecular formula is C13H21N3O2. The molecule has 1 heterocycles. The van der Waals surface area contributed by atoms with Gasteiger partial charge in [-0.3, -0.25) is 4.79 Å². The van der Waals surface area contributed by atoms with Crippen LogP contribution in [0.15, 0.2) is 17.2 Å². The summed E-state index contributed by atoms with van der Waals surface area (Å²) in [5.41, 5.74) is -0.533. The molecule has 18 heavy (non-hydrogen) atoms. The molecule has 0 aliphatic heterocycles. The average molecular weight is 251 g/mol. The van der Waals surface area contributed by atoms with E-state index in [-0.39, 0.29) is 12.2 Å². The zero-order valence-electron chi connectivity index (χ0n) is 11.0. The first-order chi connectivity index (χ1) is 8.65. The Balaban J connectivity index is 2.28. The molecule has 2 N–H and O–H groups in total. The van der Waals surface area contributed by atoms with Gasteiger partial charge in [-0.2, -0.15) is 0 Å². The molecule has 1 aliphatic rings. The first-order valence-corrected chi connectivity index (χ1v) is 6.62. The second-order valence-corrected chi connectivity index (χ2v) is 4.99. The van der Waals surface area contributed by atoms with Crippen molar-refractivity contribution in [2.24, 2.45) is 0 Å². The van der Waals surface area contributed by atoms with Gasteiger partial charge in [0.1, 0.15) is 0 Å². The Bertz CT molecular complexity index is 453. The number of nitrogens with zero attached hydrogens (tertiary/aromatic N) is 2. The fourth-order valence-electron chi connectivity index (χ4n) is 2.09. The largest absolute Gasteiger partial charge is 0.394 e. The summed E-state index contributed by atoms with van der Waals surface area (Å²) in [5.74, 6) is 0.349. The lowest BCUT2D eigenvalue weighted by molar-refractivity contribution is 0.202. The van der Waals surface area contributed by atoms with Gasteiger partial charge in [-0.1, -0.05) is 13.8 Å². The van der Waals surface area contributed by atoms with Gasteiger partial charge in [0.05, 0.1) is 12.1 Å². The van der Waals surface area contributed by atoms with E-state index >= 15 is 0 Å². The number of aliphatic hydroxyl groups is 1. The maximum atomic E-state index is 12.2. The van der Waals surface area contributed by atoms with Crippen LogP contribution in [0.2, 0.25) is 0 Å². The van der Waals surface area contributed by atoms with Crippen molar-refractivity contribution in [1.29, 1.82) is 0 Å².